The lowest BCUT2D eigenvalue weighted by Gasteiger charge is -2.05. The van der Waals surface area contributed by atoms with Crippen molar-refractivity contribution in [3.8, 4) is 17.1 Å². The van der Waals surface area contributed by atoms with Gasteiger partial charge in [-0.1, -0.05) is 23.4 Å². The van der Waals surface area contributed by atoms with Gasteiger partial charge in [0.2, 0.25) is 5.16 Å². The fraction of sp³-hybridized carbons (Fsp3) is 0.211. The maximum atomic E-state index is 12.9. The van der Waals surface area contributed by atoms with Gasteiger partial charge in [0.15, 0.2) is 11.6 Å². The van der Waals surface area contributed by atoms with Crippen molar-refractivity contribution in [2.75, 3.05) is 12.9 Å². The number of aromatic amines is 1. The summed E-state index contributed by atoms with van der Waals surface area (Å²) in [6.45, 7) is 0. The lowest BCUT2D eigenvalue weighted by molar-refractivity contribution is 0.0982. The van der Waals surface area contributed by atoms with Crippen molar-refractivity contribution < 1.29 is 13.9 Å². The number of hydrogen-bond donors (Lipinski definition) is 1. The largest absolute Gasteiger partial charge is 0.496 e. The molecule has 0 spiro atoms. The van der Waals surface area contributed by atoms with E-state index in [1.807, 2.05) is 0 Å². The first kappa shape index (κ1) is 19.4. The predicted octanol–water partition coefficient (Wildman–Crippen LogP) is 5.03. The van der Waals surface area contributed by atoms with Crippen molar-refractivity contribution in [2.24, 2.45) is 0 Å². The standard InChI is InChI=1S/C19H17ClFN3O2S/c1-26-17-9-6-13(20)11-15(17)18-22-19(24-23-18)27-10-2-3-16(25)12-4-7-14(21)8-5-12/h4-9,11H,2-3,10H2,1H3,(H,22,23,24). The molecule has 0 atom stereocenters. The summed E-state index contributed by atoms with van der Waals surface area (Å²) >= 11 is 7.50. The van der Waals surface area contributed by atoms with Crippen molar-refractivity contribution in [3.63, 3.8) is 0 Å². The van der Waals surface area contributed by atoms with Gasteiger partial charge in [-0.05, 0) is 48.9 Å². The minimum absolute atomic E-state index is 0.00469. The van der Waals surface area contributed by atoms with Gasteiger partial charge in [0.25, 0.3) is 0 Å². The van der Waals surface area contributed by atoms with Crippen LogP contribution in [0.15, 0.2) is 47.6 Å². The third-order valence-corrected chi connectivity index (χ3v) is 5.00. The molecule has 0 fully saturated rings. The molecule has 0 unspecified atom stereocenters. The quantitative estimate of drug-likeness (QED) is 0.323. The van der Waals surface area contributed by atoms with Crippen molar-refractivity contribution in [1.29, 1.82) is 0 Å². The Kier molecular flexibility index (Phi) is 6.47. The molecule has 8 heteroatoms. The third kappa shape index (κ3) is 5.08. The summed E-state index contributed by atoms with van der Waals surface area (Å²) in [4.78, 5) is 16.5. The molecule has 0 amide bonds. The molecule has 140 valence electrons. The molecular weight excluding hydrogens is 389 g/mol. The highest BCUT2D eigenvalue weighted by atomic mass is 35.5. The van der Waals surface area contributed by atoms with E-state index in [2.05, 4.69) is 15.2 Å². The van der Waals surface area contributed by atoms with E-state index in [0.717, 1.165) is 5.56 Å². The Morgan fingerprint density at radius 3 is 2.78 bits per heavy atom. The summed E-state index contributed by atoms with van der Waals surface area (Å²) in [7, 11) is 1.58. The van der Waals surface area contributed by atoms with E-state index in [4.69, 9.17) is 16.3 Å². The van der Waals surface area contributed by atoms with Gasteiger partial charge in [0, 0.05) is 22.8 Å². The second-order valence-electron chi connectivity index (χ2n) is 5.69. The number of thioether (sulfide) groups is 1. The third-order valence-electron chi connectivity index (χ3n) is 3.83. The zero-order chi connectivity index (χ0) is 19.2. The number of rotatable bonds is 8. The van der Waals surface area contributed by atoms with E-state index in [0.29, 0.717) is 45.9 Å². The first-order valence-corrected chi connectivity index (χ1v) is 9.61. The molecule has 0 aliphatic rings. The number of ketones is 1. The van der Waals surface area contributed by atoms with Crippen LogP contribution in [0.3, 0.4) is 0 Å². The number of methoxy groups -OCH3 is 1. The fourth-order valence-electron chi connectivity index (χ4n) is 2.47. The fourth-order valence-corrected chi connectivity index (χ4v) is 3.38. The summed E-state index contributed by atoms with van der Waals surface area (Å²) < 4.78 is 18.2. The Hall–Kier alpha value is -2.38. The van der Waals surface area contributed by atoms with Crippen LogP contribution in [-0.2, 0) is 0 Å². The molecule has 3 rings (SSSR count). The number of hydrogen-bond acceptors (Lipinski definition) is 5. The number of nitrogens with zero attached hydrogens (tertiary/aromatic N) is 2. The van der Waals surface area contributed by atoms with Crippen LogP contribution in [0.25, 0.3) is 11.4 Å². The molecule has 1 heterocycles. The van der Waals surface area contributed by atoms with Crippen LogP contribution in [0.5, 0.6) is 5.75 Å². The zero-order valence-electron chi connectivity index (χ0n) is 14.5. The number of halogens is 2. The Morgan fingerprint density at radius 1 is 1.26 bits per heavy atom. The van der Waals surface area contributed by atoms with Gasteiger partial charge in [-0.3, -0.25) is 9.89 Å². The van der Waals surface area contributed by atoms with Gasteiger partial charge < -0.3 is 4.74 Å². The Bertz CT molecular complexity index is 931. The van der Waals surface area contributed by atoms with E-state index in [1.165, 1.54) is 36.0 Å². The summed E-state index contributed by atoms with van der Waals surface area (Å²) in [5.74, 6) is 1.56. The van der Waals surface area contributed by atoms with E-state index >= 15 is 0 Å². The lowest BCUT2D eigenvalue weighted by atomic mass is 10.1. The molecule has 0 radical (unpaired) electrons. The van der Waals surface area contributed by atoms with Crippen LogP contribution in [0.2, 0.25) is 5.02 Å². The van der Waals surface area contributed by atoms with E-state index in [-0.39, 0.29) is 11.6 Å². The number of benzene rings is 2. The molecule has 5 nitrogen and oxygen atoms in total. The Morgan fingerprint density at radius 2 is 2.04 bits per heavy atom. The van der Waals surface area contributed by atoms with E-state index < -0.39 is 0 Å². The number of H-pyrrole nitrogens is 1. The Labute approximate surface area is 165 Å². The number of ether oxygens (including phenoxy) is 1. The molecule has 0 bridgehead atoms. The van der Waals surface area contributed by atoms with Crippen LogP contribution in [0.1, 0.15) is 23.2 Å². The summed E-state index contributed by atoms with van der Waals surface area (Å²) in [5.41, 5.74) is 1.26. The minimum Gasteiger partial charge on any atom is -0.496 e. The number of nitrogens with one attached hydrogen (secondary N) is 1. The number of carbonyl (C=O) groups is 1. The van der Waals surface area contributed by atoms with Gasteiger partial charge in [0.1, 0.15) is 11.6 Å². The average molecular weight is 406 g/mol. The molecular formula is C19H17ClFN3O2S. The monoisotopic (exact) mass is 405 g/mol. The molecule has 1 aromatic heterocycles. The average Bonchev–Trinajstić information content (AvgIpc) is 3.14. The maximum absolute atomic E-state index is 12.9. The van der Waals surface area contributed by atoms with Crippen LogP contribution in [-0.4, -0.2) is 33.8 Å². The lowest BCUT2D eigenvalue weighted by Crippen LogP contribution is -1.99. The van der Waals surface area contributed by atoms with E-state index in [1.54, 1.807) is 25.3 Å². The normalized spacial score (nSPS) is 10.8. The van der Waals surface area contributed by atoms with Crippen molar-refractivity contribution in [2.45, 2.75) is 18.0 Å². The molecule has 3 aromatic rings. The van der Waals surface area contributed by atoms with Crippen LogP contribution in [0, 0.1) is 5.82 Å². The first-order chi connectivity index (χ1) is 13.1. The molecule has 27 heavy (non-hydrogen) atoms. The van der Waals surface area contributed by atoms with Crippen molar-refractivity contribution >= 4 is 29.1 Å². The van der Waals surface area contributed by atoms with Gasteiger partial charge in [-0.15, -0.1) is 5.10 Å². The molecule has 2 aromatic carbocycles. The van der Waals surface area contributed by atoms with Crippen LogP contribution < -0.4 is 4.74 Å². The highest BCUT2D eigenvalue weighted by Gasteiger charge is 2.12. The summed E-state index contributed by atoms with van der Waals surface area (Å²) in [5, 5.41) is 8.23. The first-order valence-electron chi connectivity index (χ1n) is 8.24. The number of aromatic nitrogens is 3. The number of carbonyl (C=O) groups excluding carboxylic acids is 1. The molecule has 0 saturated heterocycles. The van der Waals surface area contributed by atoms with Crippen LogP contribution >= 0.6 is 23.4 Å². The SMILES string of the molecule is COc1ccc(Cl)cc1-c1nc(SCCCC(=O)c2ccc(F)cc2)n[nH]1. The Balaban J connectivity index is 1.54. The maximum Gasteiger partial charge on any atom is 0.208 e. The van der Waals surface area contributed by atoms with Crippen molar-refractivity contribution in [3.05, 3.63) is 58.9 Å². The highest BCUT2D eigenvalue weighted by Crippen LogP contribution is 2.31. The van der Waals surface area contributed by atoms with Gasteiger partial charge in [-0.25, -0.2) is 9.37 Å². The van der Waals surface area contributed by atoms with Crippen LogP contribution in [0.4, 0.5) is 4.39 Å². The summed E-state index contributed by atoms with van der Waals surface area (Å²) in [6, 6.07) is 10.9. The van der Waals surface area contributed by atoms with Gasteiger partial charge in [0.05, 0.1) is 12.7 Å². The minimum atomic E-state index is -0.348. The smallest absolute Gasteiger partial charge is 0.208 e. The topological polar surface area (TPSA) is 67.9 Å². The second-order valence-corrected chi connectivity index (χ2v) is 7.19. The highest BCUT2D eigenvalue weighted by molar-refractivity contribution is 7.99. The van der Waals surface area contributed by atoms with Gasteiger partial charge in [-0.2, -0.15) is 0 Å². The van der Waals surface area contributed by atoms with E-state index in [9.17, 15) is 9.18 Å². The zero-order valence-corrected chi connectivity index (χ0v) is 16.1. The number of Topliss-reactive ketones (excluding diaryl/α,β-unsaturated/α-hetero) is 1. The molecule has 0 aliphatic heterocycles. The molecule has 0 saturated carbocycles. The van der Waals surface area contributed by atoms with Crippen molar-refractivity contribution in [1.82, 2.24) is 15.2 Å². The molecule has 0 aliphatic carbocycles. The molecule has 1 N–H and O–H groups in total. The predicted molar refractivity (Wildman–Crippen MR) is 104 cm³/mol. The second kappa shape index (κ2) is 9.01. The summed E-state index contributed by atoms with van der Waals surface area (Å²) in [6.07, 6.45) is 1.06. The van der Waals surface area contributed by atoms with Gasteiger partial charge >= 0.3 is 0 Å².